The zero-order valence-electron chi connectivity index (χ0n) is 15.7. The molecule has 0 radical (unpaired) electrons. The lowest BCUT2D eigenvalue weighted by atomic mass is 10.1. The van der Waals surface area contributed by atoms with Gasteiger partial charge < -0.3 is 15.1 Å². The van der Waals surface area contributed by atoms with Crippen LogP contribution in [-0.4, -0.2) is 53.7 Å². The van der Waals surface area contributed by atoms with Crippen LogP contribution in [0.2, 0.25) is 0 Å². The molecule has 1 fully saturated rings. The van der Waals surface area contributed by atoms with Crippen LogP contribution in [0, 0.1) is 5.82 Å². The van der Waals surface area contributed by atoms with E-state index in [9.17, 15) is 18.8 Å². The standard InChI is InChI=1S/C21H22FN3O3/c1-15(26)24-9-11-25(12-10-24)21(28)17-7-4-6-16(13-17)20(27)23-14-18-5-2-3-8-19(18)22/h2-8,13H,9-12,14H2,1H3,(H,23,27). The fourth-order valence-corrected chi connectivity index (χ4v) is 3.12. The highest BCUT2D eigenvalue weighted by atomic mass is 19.1. The molecule has 0 bridgehead atoms. The highest BCUT2D eigenvalue weighted by Crippen LogP contribution is 2.12. The predicted octanol–water partition coefficient (Wildman–Crippen LogP) is 2.06. The summed E-state index contributed by atoms with van der Waals surface area (Å²) in [5, 5.41) is 2.67. The average molecular weight is 383 g/mol. The van der Waals surface area contributed by atoms with Crippen molar-refractivity contribution in [1.82, 2.24) is 15.1 Å². The molecule has 2 aromatic rings. The van der Waals surface area contributed by atoms with Gasteiger partial charge in [0.05, 0.1) is 0 Å². The molecule has 2 aromatic carbocycles. The topological polar surface area (TPSA) is 69.7 Å². The van der Waals surface area contributed by atoms with Gasteiger partial charge in [-0.25, -0.2) is 4.39 Å². The van der Waals surface area contributed by atoms with E-state index in [1.165, 1.54) is 19.1 Å². The highest BCUT2D eigenvalue weighted by molar-refractivity contribution is 5.99. The molecule has 0 aromatic heterocycles. The Morgan fingerprint density at radius 3 is 2.25 bits per heavy atom. The van der Waals surface area contributed by atoms with E-state index >= 15 is 0 Å². The molecule has 0 saturated carbocycles. The fourth-order valence-electron chi connectivity index (χ4n) is 3.12. The van der Waals surface area contributed by atoms with Crippen molar-refractivity contribution in [2.24, 2.45) is 0 Å². The molecule has 1 aliphatic rings. The number of carbonyl (C=O) groups is 3. The van der Waals surface area contributed by atoms with Gasteiger partial charge in [-0.2, -0.15) is 0 Å². The fraction of sp³-hybridized carbons (Fsp3) is 0.286. The van der Waals surface area contributed by atoms with Crippen LogP contribution >= 0.6 is 0 Å². The first-order valence-electron chi connectivity index (χ1n) is 9.12. The Kier molecular flexibility index (Phi) is 6.03. The molecule has 1 saturated heterocycles. The molecule has 3 amide bonds. The Hall–Kier alpha value is -3.22. The van der Waals surface area contributed by atoms with Crippen molar-refractivity contribution in [2.45, 2.75) is 13.5 Å². The number of benzene rings is 2. The van der Waals surface area contributed by atoms with Crippen LogP contribution in [0.5, 0.6) is 0 Å². The Balaban J connectivity index is 1.63. The number of nitrogens with zero attached hydrogens (tertiary/aromatic N) is 2. The Morgan fingerprint density at radius 2 is 1.57 bits per heavy atom. The van der Waals surface area contributed by atoms with E-state index in [1.807, 2.05) is 0 Å². The predicted molar refractivity (Wildman–Crippen MR) is 102 cm³/mol. The number of nitrogens with one attached hydrogen (secondary N) is 1. The Morgan fingerprint density at radius 1 is 0.929 bits per heavy atom. The van der Waals surface area contributed by atoms with Crippen LogP contribution in [0.1, 0.15) is 33.2 Å². The average Bonchev–Trinajstić information content (AvgIpc) is 2.72. The Labute approximate surface area is 162 Å². The number of amides is 3. The quantitative estimate of drug-likeness (QED) is 0.879. The van der Waals surface area contributed by atoms with Crippen molar-refractivity contribution in [1.29, 1.82) is 0 Å². The van der Waals surface area contributed by atoms with Crippen LogP contribution in [0.4, 0.5) is 4.39 Å². The summed E-state index contributed by atoms with van der Waals surface area (Å²) in [6.07, 6.45) is 0. The second kappa shape index (κ2) is 8.65. The number of rotatable bonds is 4. The third kappa shape index (κ3) is 4.54. The SMILES string of the molecule is CC(=O)N1CCN(C(=O)c2cccc(C(=O)NCc3ccccc3F)c2)CC1. The van der Waals surface area contributed by atoms with E-state index in [0.29, 0.717) is 42.9 Å². The molecule has 0 atom stereocenters. The molecule has 0 spiro atoms. The van der Waals surface area contributed by atoms with Gasteiger partial charge in [0, 0.05) is 56.3 Å². The van der Waals surface area contributed by atoms with Crippen LogP contribution < -0.4 is 5.32 Å². The van der Waals surface area contributed by atoms with Crippen molar-refractivity contribution >= 4 is 17.7 Å². The van der Waals surface area contributed by atoms with E-state index in [0.717, 1.165) is 0 Å². The molecule has 3 rings (SSSR count). The van der Waals surface area contributed by atoms with Crippen LogP contribution in [-0.2, 0) is 11.3 Å². The van der Waals surface area contributed by atoms with E-state index in [-0.39, 0.29) is 30.1 Å². The maximum absolute atomic E-state index is 13.7. The van der Waals surface area contributed by atoms with Crippen LogP contribution in [0.3, 0.4) is 0 Å². The molecule has 6 nitrogen and oxygen atoms in total. The van der Waals surface area contributed by atoms with E-state index in [1.54, 1.807) is 46.2 Å². The lowest BCUT2D eigenvalue weighted by Gasteiger charge is -2.34. The second-order valence-electron chi connectivity index (χ2n) is 6.65. The summed E-state index contributed by atoms with van der Waals surface area (Å²) in [6.45, 7) is 3.51. The molecule has 28 heavy (non-hydrogen) atoms. The first-order valence-corrected chi connectivity index (χ1v) is 9.12. The van der Waals surface area contributed by atoms with Crippen LogP contribution in [0.15, 0.2) is 48.5 Å². The van der Waals surface area contributed by atoms with Crippen molar-refractivity contribution < 1.29 is 18.8 Å². The van der Waals surface area contributed by atoms with Gasteiger partial charge in [-0.3, -0.25) is 14.4 Å². The van der Waals surface area contributed by atoms with Crippen molar-refractivity contribution in [3.8, 4) is 0 Å². The van der Waals surface area contributed by atoms with Gasteiger partial charge in [-0.1, -0.05) is 24.3 Å². The van der Waals surface area contributed by atoms with Gasteiger partial charge in [0.2, 0.25) is 5.91 Å². The van der Waals surface area contributed by atoms with Crippen molar-refractivity contribution in [2.75, 3.05) is 26.2 Å². The zero-order chi connectivity index (χ0) is 20.1. The third-order valence-corrected chi connectivity index (χ3v) is 4.78. The molecular weight excluding hydrogens is 361 g/mol. The van der Waals surface area contributed by atoms with Crippen molar-refractivity contribution in [3.63, 3.8) is 0 Å². The summed E-state index contributed by atoms with van der Waals surface area (Å²) in [5.74, 6) is -0.927. The van der Waals surface area contributed by atoms with Crippen molar-refractivity contribution in [3.05, 3.63) is 71.0 Å². The summed E-state index contributed by atoms with van der Waals surface area (Å²) in [6, 6.07) is 12.7. The number of hydrogen-bond donors (Lipinski definition) is 1. The molecular formula is C21H22FN3O3. The molecule has 0 unspecified atom stereocenters. The monoisotopic (exact) mass is 383 g/mol. The smallest absolute Gasteiger partial charge is 0.253 e. The summed E-state index contributed by atoms with van der Waals surface area (Å²) in [7, 11) is 0. The van der Waals surface area contributed by atoms with Gasteiger partial charge in [0.25, 0.3) is 11.8 Å². The lowest BCUT2D eigenvalue weighted by molar-refractivity contribution is -0.130. The second-order valence-corrected chi connectivity index (χ2v) is 6.65. The molecule has 1 heterocycles. The number of carbonyl (C=O) groups excluding carboxylic acids is 3. The maximum atomic E-state index is 13.7. The molecule has 7 heteroatoms. The first kappa shape index (κ1) is 19.5. The van der Waals surface area contributed by atoms with Gasteiger partial charge in [-0.05, 0) is 24.3 Å². The first-order chi connectivity index (χ1) is 13.5. The largest absolute Gasteiger partial charge is 0.348 e. The summed E-state index contributed by atoms with van der Waals surface area (Å²) >= 11 is 0. The summed E-state index contributed by atoms with van der Waals surface area (Å²) < 4.78 is 13.7. The number of hydrogen-bond acceptors (Lipinski definition) is 3. The minimum atomic E-state index is -0.378. The van der Waals surface area contributed by atoms with Crippen LogP contribution in [0.25, 0.3) is 0 Å². The minimum Gasteiger partial charge on any atom is -0.348 e. The van der Waals surface area contributed by atoms with E-state index in [4.69, 9.17) is 0 Å². The third-order valence-electron chi connectivity index (χ3n) is 4.78. The summed E-state index contributed by atoms with van der Waals surface area (Å²) in [5.41, 5.74) is 1.14. The van der Waals surface area contributed by atoms with E-state index < -0.39 is 0 Å². The normalized spacial score (nSPS) is 13.9. The lowest BCUT2D eigenvalue weighted by Crippen LogP contribution is -2.50. The molecule has 1 aliphatic heterocycles. The Bertz CT molecular complexity index is 892. The molecule has 0 aliphatic carbocycles. The van der Waals surface area contributed by atoms with Gasteiger partial charge >= 0.3 is 0 Å². The van der Waals surface area contributed by atoms with Gasteiger partial charge in [0.1, 0.15) is 5.82 Å². The van der Waals surface area contributed by atoms with Gasteiger partial charge in [0.15, 0.2) is 0 Å². The molecule has 146 valence electrons. The molecule has 1 N–H and O–H groups in total. The number of halogens is 1. The summed E-state index contributed by atoms with van der Waals surface area (Å²) in [4.78, 5) is 39.9. The number of piperazine rings is 1. The zero-order valence-corrected chi connectivity index (χ0v) is 15.7. The maximum Gasteiger partial charge on any atom is 0.253 e. The minimum absolute atomic E-state index is 0.000574. The van der Waals surface area contributed by atoms with Gasteiger partial charge in [-0.15, -0.1) is 0 Å². The highest BCUT2D eigenvalue weighted by Gasteiger charge is 2.23. The van der Waals surface area contributed by atoms with E-state index in [2.05, 4.69) is 5.32 Å².